The summed E-state index contributed by atoms with van der Waals surface area (Å²) in [6.45, 7) is 5.49. The maximum absolute atomic E-state index is 10.1. The lowest BCUT2D eigenvalue weighted by molar-refractivity contribution is 0.0433. The molecular weight excluding hydrogens is 178 g/mol. The molecule has 0 aliphatic heterocycles. The molecule has 0 aliphatic rings. The first-order valence-corrected chi connectivity index (χ1v) is 4.86. The molecule has 2 N–H and O–H groups in total. The highest BCUT2D eigenvalue weighted by molar-refractivity contribution is 5.05. The van der Waals surface area contributed by atoms with Gasteiger partial charge in [0, 0.05) is 12.4 Å². The molecule has 0 amide bonds. The van der Waals surface area contributed by atoms with E-state index in [1.165, 1.54) is 0 Å². The minimum atomic E-state index is -0.892. The third kappa shape index (κ3) is 3.05. The van der Waals surface area contributed by atoms with Gasteiger partial charge in [0.1, 0.15) is 5.60 Å². The molecule has 0 aliphatic carbocycles. The summed E-state index contributed by atoms with van der Waals surface area (Å²) >= 11 is 0. The van der Waals surface area contributed by atoms with E-state index in [-0.39, 0.29) is 0 Å². The van der Waals surface area contributed by atoms with Gasteiger partial charge in [-0.1, -0.05) is 6.92 Å². The number of hydrogen-bond donors (Lipinski definition) is 2. The van der Waals surface area contributed by atoms with Crippen LogP contribution in [-0.4, -0.2) is 28.2 Å². The van der Waals surface area contributed by atoms with E-state index in [2.05, 4.69) is 15.3 Å². The van der Waals surface area contributed by atoms with E-state index in [0.29, 0.717) is 12.1 Å². The summed E-state index contributed by atoms with van der Waals surface area (Å²) in [7, 11) is 0. The van der Waals surface area contributed by atoms with Gasteiger partial charge >= 0.3 is 0 Å². The Labute approximate surface area is 84.4 Å². The smallest absolute Gasteiger partial charge is 0.106 e. The summed E-state index contributed by atoms with van der Waals surface area (Å²) in [6.07, 6.45) is 5.44. The molecule has 1 atom stereocenters. The zero-order valence-corrected chi connectivity index (χ0v) is 8.70. The van der Waals surface area contributed by atoms with Gasteiger partial charge in [0.2, 0.25) is 0 Å². The number of nitrogens with one attached hydrogen (secondary N) is 1. The highest BCUT2D eigenvalue weighted by Crippen LogP contribution is 2.20. The Morgan fingerprint density at radius 3 is 2.86 bits per heavy atom. The summed E-state index contributed by atoms with van der Waals surface area (Å²) in [5.74, 6) is 0. The van der Waals surface area contributed by atoms with Crippen LogP contribution in [0.3, 0.4) is 0 Å². The van der Waals surface area contributed by atoms with Crippen molar-refractivity contribution < 1.29 is 5.11 Å². The molecule has 1 heterocycles. The lowest BCUT2D eigenvalue weighted by Gasteiger charge is -2.21. The Kier molecular flexibility index (Phi) is 3.98. The number of nitrogens with zero attached hydrogens (tertiary/aromatic N) is 2. The van der Waals surface area contributed by atoms with Crippen molar-refractivity contribution in [2.75, 3.05) is 13.1 Å². The summed E-state index contributed by atoms with van der Waals surface area (Å²) in [4.78, 5) is 8.03. The van der Waals surface area contributed by atoms with Gasteiger partial charge in [0.15, 0.2) is 0 Å². The van der Waals surface area contributed by atoms with Gasteiger partial charge in [-0.3, -0.25) is 9.97 Å². The molecule has 14 heavy (non-hydrogen) atoms. The van der Waals surface area contributed by atoms with E-state index >= 15 is 0 Å². The minimum absolute atomic E-state index is 0.623. The van der Waals surface area contributed by atoms with Crippen LogP contribution in [0, 0.1) is 0 Å². The average molecular weight is 195 g/mol. The van der Waals surface area contributed by atoms with E-state index in [9.17, 15) is 5.11 Å². The van der Waals surface area contributed by atoms with Crippen LogP contribution in [0.15, 0.2) is 18.6 Å². The van der Waals surface area contributed by atoms with Crippen LogP contribution < -0.4 is 5.32 Å². The molecular formula is C10H17N3O. The van der Waals surface area contributed by atoms with Crippen molar-refractivity contribution >= 4 is 0 Å². The second-order valence-electron chi connectivity index (χ2n) is 3.47. The van der Waals surface area contributed by atoms with E-state index in [4.69, 9.17) is 0 Å². The van der Waals surface area contributed by atoms with Crippen LogP contribution in [0.4, 0.5) is 0 Å². The first kappa shape index (κ1) is 11.1. The fourth-order valence-electron chi connectivity index (χ4n) is 1.21. The van der Waals surface area contributed by atoms with Gasteiger partial charge in [0.25, 0.3) is 0 Å². The van der Waals surface area contributed by atoms with E-state index < -0.39 is 5.60 Å². The SMILES string of the molecule is CCNCCC(C)(O)c1cnccn1. The molecule has 0 fully saturated rings. The molecule has 0 spiro atoms. The standard InChI is InChI=1S/C10H17N3O/c1-3-11-5-4-10(2,14)9-8-12-6-7-13-9/h6-8,11,14H,3-5H2,1-2H3. The fraction of sp³-hybridized carbons (Fsp3) is 0.600. The molecule has 1 aromatic rings. The lowest BCUT2D eigenvalue weighted by atomic mass is 9.98. The zero-order valence-electron chi connectivity index (χ0n) is 8.70. The molecule has 0 bridgehead atoms. The molecule has 0 saturated carbocycles. The molecule has 1 rings (SSSR count). The third-order valence-electron chi connectivity index (χ3n) is 2.15. The van der Waals surface area contributed by atoms with Gasteiger partial charge in [0.05, 0.1) is 11.9 Å². The van der Waals surface area contributed by atoms with Crippen molar-refractivity contribution in [2.24, 2.45) is 0 Å². The van der Waals surface area contributed by atoms with Gasteiger partial charge in [-0.25, -0.2) is 0 Å². The monoisotopic (exact) mass is 195 g/mol. The van der Waals surface area contributed by atoms with Crippen LogP contribution >= 0.6 is 0 Å². The third-order valence-corrected chi connectivity index (χ3v) is 2.15. The maximum atomic E-state index is 10.1. The highest BCUT2D eigenvalue weighted by atomic mass is 16.3. The quantitative estimate of drug-likeness (QED) is 0.678. The van der Waals surface area contributed by atoms with Crippen LogP contribution in [0.5, 0.6) is 0 Å². The molecule has 0 radical (unpaired) electrons. The van der Waals surface area contributed by atoms with Crippen molar-refractivity contribution in [2.45, 2.75) is 25.9 Å². The van der Waals surface area contributed by atoms with Crippen molar-refractivity contribution in [1.29, 1.82) is 0 Å². The van der Waals surface area contributed by atoms with Crippen LogP contribution in [0.25, 0.3) is 0 Å². The normalized spacial score (nSPS) is 15.1. The average Bonchev–Trinajstić information content (AvgIpc) is 2.19. The molecule has 1 aromatic heterocycles. The van der Waals surface area contributed by atoms with E-state index in [1.54, 1.807) is 25.5 Å². The predicted molar refractivity (Wildman–Crippen MR) is 54.8 cm³/mol. The fourth-order valence-corrected chi connectivity index (χ4v) is 1.21. The van der Waals surface area contributed by atoms with E-state index in [1.807, 2.05) is 6.92 Å². The number of hydrogen-bond acceptors (Lipinski definition) is 4. The number of aromatic nitrogens is 2. The molecule has 4 heteroatoms. The minimum Gasteiger partial charge on any atom is -0.384 e. The Hall–Kier alpha value is -1.00. The topological polar surface area (TPSA) is 58.0 Å². The molecule has 0 saturated heterocycles. The second-order valence-corrected chi connectivity index (χ2v) is 3.47. The van der Waals surface area contributed by atoms with Gasteiger partial charge in [-0.15, -0.1) is 0 Å². The lowest BCUT2D eigenvalue weighted by Crippen LogP contribution is -2.28. The number of rotatable bonds is 5. The van der Waals surface area contributed by atoms with Crippen molar-refractivity contribution in [3.8, 4) is 0 Å². The first-order chi connectivity index (χ1) is 6.67. The number of aliphatic hydroxyl groups is 1. The first-order valence-electron chi connectivity index (χ1n) is 4.86. The van der Waals surface area contributed by atoms with Crippen LogP contribution in [0.2, 0.25) is 0 Å². The highest BCUT2D eigenvalue weighted by Gasteiger charge is 2.23. The van der Waals surface area contributed by atoms with Gasteiger partial charge in [-0.05, 0) is 26.4 Å². The zero-order chi connectivity index (χ0) is 10.4. The predicted octanol–water partition coefficient (Wildman–Crippen LogP) is 0.684. The summed E-state index contributed by atoms with van der Waals surface area (Å²) in [5, 5.41) is 13.2. The van der Waals surface area contributed by atoms with Gasteiger partial charge in [-0.2, -0.15) is 0 Å². The van der Waals surface area contributed by atoms with Crippen molar-refractivity contribution in [3.05, 3.63) is 24.3 Å². The van der Waals surface area contributed by atoms with Crippen LogP contribution in [0.1, 0.15) is 26.0 Å². The molecule has 0 aromatic carbocycles. The van der Waals surface area contributed by atoms with Crippen LogP contribution in [-0.2, 0) is 5.60 Å². The van der Waals surface area contributed by atoms with E-state index in [0.717, 1.165) is 13.1 Å². The van der Waals surface area contributed by atoms with Crippen molar-refractivity contribution in [1.82, 2.24) is 15.3 Å². The molecule has 1 unspecified atom stereocenters. The second kappa shape index (κ2) is 5.02. The van der Waals surface area contributed by atoms with Crippen molar-refractivity contribution in [3.63, 3.8) is 0 Å². The summed E-state index contributed by atoms with van der Waals surface area (Å²) < 4.78 is 0. The molecule has 4 nitrogen and oxygen atoms in total. The summed E-state index contributed by atoms with van der Waals surface area (Å²) in [6, 6.07) is 0. The Morgan fingerprint density at radius 1 is 1.50 bits per heavy atom. The van der Waals surface area contributed by atoms with Gasteiger partial charge < -0.3 is 10.4 Å². The largest absolute Gasteiger partial charge is 0.384 e. The maximum Gasteiger partial charge on any atom is 0.106 e. The molecule has 78 valence electrons. The Morgan fingerprint density at radius 2 is 2.29 bits per heavy atom. The Balaban J connectivity index is 2.56. The summed E-state index contributed by atoms with van der Waals surface area (Å²) in [5.41, 5.74) is -0.269. The Bertz CT molecular complexity index is 261.